The number of carbonyl (C=O) groups excluding carboxylic acids is 1. The topological polar surface area (TPSA) is 17.1 Å². The highest BCUT2D eigenvalue weighted by Gasteiger charge is 1.96. The molecule has 0 spiro atoms. The van der Waals surface area contributed by atoms with Crippen molar-refractivity contribution in [2.45, 2.75) is 6.92 Å². The van der Waals surface area contributed by atoms with Crippen molar-refractivity contribution < 1.29 is 4.79 Å². The van der Waals surface area contributed by atoms with Gasteiger partial charge in [0.15, 0.2) is 5.12 Å². The number of halogens is 2. The first-order valence-electron chi connectivity index (χ1n) is 4.34. The summed E-state index contributed by atoms with van der Waals surface area (Å²) in [5.41, 5.74) is 0.962. The van der Waals surface area contributed by atoms with E-state index in [0.29, 0.717) is 10.8 Å². The fourth-order valence-corrected chi connectivity index (χ4v) is 2.14. The Bertz CT molecular complexity index is 390. The maximum absolute atomic E-state index is 10.7. The molecule has 0 saturated heterocycles. The van der Waals surface area contributed by atoms with E-state index in [1.165, 1.54) is 11.8 Å². The van der Waals surface area contributed by atoms with Crippen molar-refractivity contribution in [1.29, 1.82) is 0 Å². The summed E-state index contributed by atoms with van der Waals surface area (Å²) in [6.07, 6.45) is 3.85. The van der Waals surface area contributed by atoms with E-state index >= 15 is 0 Å². The van der Waals surface area contributed by atoms with Crippen molar-refractivity contribution in [3.8, 4) is 0 Å². The van der Waals surface area contributed by atoms with E-state index in [2.05, 4.69) is 15.9 Å². The van der Waals surface area contributed by atoms with Crippen LogP contribution in [0.4, 0.5) is 0 Å². The van der Waals surface area contributed by atoms with Gasteiger partial charge in [0.05, 0.1) is 0 Å². The Hall–Kier alpha value is -0.250. The zero-order valence-corrected chi connectivity index (χ0v) is 11.3. The molecule has 1 rings (SSSR count). The second-order valence-electron chi connectivity index (χ2n) is 2.87. The fourth-order valence-electron chi connectivity index (χ4n) is 0.977. The Morgan fingerprint density at radius 2 is 2.33 bits per heavy atom. The van der Waals surface area contributed by atoms with Crippen LogP contribution in [0.5, 0.6) is 0 Å². The molecule has 1 nitrogen and oxygen atoms in total. The molecule has 0 aromatic heterocycles. The molecule has 0 radical (unpaired) electrons. The van der Waals surface area contributed by atoms with Gasteiger partial charge in [0.1, 0.15) is 0 Å². The predicted molar refractivity (Wildman–Crippen MR) is 71.3 cm³/mol. The summed E-state index contributed by atoms with van der Waals surface area (Å²) in [4.78, 5) is 10.7. The molecule has 0 bridgehead atoms. The molecule has 1 aromatic rings. The first-order valence-corrected chi connectivity index (χ1v) is 6.50. The van der Waals surface area contributed by atoms with E-state index < -0.39 is 0 Å². The van der Waals surface area contributed by atoms with E-state index in [1.54, 1.807) is 6.92 Å². The summed E-state index contributed by atoms with van der Waals surface area (Å²) in [6.45, 7) is 1.56. The SMILES string of the molecule is CC(=O)SCC=Cc1ccc(Br)cc1Cl. The molecule has 0 N–H and O–H groups in total. The predicted octanol–water partition coefficient (Wildman–Crippen LogP) is 4.40. The van der Waals surface area contributed by atoms with Gasteiger partial charge in [-0.05, 0) is 17.7 Å². The Morgan fingerprint density at radius 1 is 1.60 bits per heavy atom. The van der Waals surface area contributed by atoms with Gasteiger partial charge in [-0.1, -0.05) is 57.5 Å². The summed E-state index contributed by atoms with van der Waals surface area (Å²) >= 11 is 10.6. The molecule has 0 aliphatic carbocycles. The molecule has 1 aromatic carbocycles. The van der Waals surface area contributed by atoms with E-state index in [4.69, 9.17) is 11.6 Å². The Morgan fingerprint density at radius 3 is 2.93 bits per heavy atom. The van der Waals surface area contributed by atoms with Crippen molar-refractivity contribution in [2.75, 3.05) is 5.75 Å². The Kier molecular flexibility index (Phi) is 5.43. The number of thioether (sulfide) groups is 1. The fraction of sp³-hybridized carbons (Fsp3) is 0.182. The van der Waals surface area contributed by atoms with E-state index in [-0.39, 0.29) is 5.12 Å². The lowest BCUT2D eigenvalue weighted by molar-refractivity contribution is -0.109. The monoisotopic (exact) mass is 304 g/mol. The number of hydrogen-bond acceptors (Lipinski definition) is 2. The molecule has 0 fully saturated rings. The van der Waals surface area contributed by atoms with Gasteiger partial charge in [-0.3, -0.25) is 4.79 Å². The third kappa shape index (κ3) is 4.87. The average molecular weight is 306 g/mol. The van der Waals surface area contributed by atoms with Gasteiger partial charge in [-0.15, -0.1) is 0 Å². The van der Waals surface area contributed by atoms with Crippen molar-refractivity contribution in [1.82, 2.24) is 0 Å². The van der Waals surface area contributed by atoms with Crippen molar-refractivity contribution in [3.05, 3.63) is 39.3 Å². The first kappa shape index (κ1) is 12.8. The van der Waals surface area contributed by atoms with Crippen LogP contribution >= 0.6 is 39.3 Å². The maximum Gasteiger partial charge on any atom is 0.186 e. The van der Waals surface area contributed by atoms with Crippen LogP contribution in [0, 0.1) is 0 Å². The van der Waals surface area contributed by atoms with Gasteiger partial charge >= 0.3 is 0 Å². The average Bonchev–Trinajstić information content (AvgIpc) is 2.14. The van der Waals surface area contributed by atoms with Gasteiger partial charge < -0.3 is 0 Å². The second kappa shape index (κ2) is 6.36. The summed E-state index contributed by atoms with van der Waals surface area (Å²) < 4.78 is 0.961. The van der Waals surface area contributed by atoms with E-state index in [1.807, 2.05) is 30.4 Å². The molecule has 0 unspecified atom stereocenters. The van der Waals surface area contributed by atoms with Crippen LogP contribution in [0.25, 0.3) is 6.08 Å². The highest BCUT2D eigenvalue weighted by molar-refractivity contribution is 9.10. The Labute approximate surface area is 107 Å². The van der Waals surface area contributed by atoms with Crippen molar-refractivity contribution in [3.63, 3.8) is 0 Å². The molecule has 0 amide bonds. The molecule has 0 aliphatic rings. The standard InChI is InChI=1S/C11H10BrClOS/c1-8(14)15-6-2-3-9-4-5-10(12)7-11(9)13/h2-5,7H,6H2,1H3. The minimum absolute atomic E-state index is 0.126. The molecular formula is C11H10BrClOS. The van der Waals surface area contributed by atoms with E-state index in [0.717, 1.165) is 10.0 Å². The maximum atomic E-state index is 10.7. The molecule has 0 saturated carbocycles. The molecule has 80 valence electrons. The van der Waals surface area contributed by atoms with Gasteiger partial charge in [0.2, 0.25) is 0 Å². The van der Waals surface area contributed by atoms with Crippen LogP contribution in [-0.4, -0.2) is 10.9 Å². The zero-order valence-electron chi connectivity index (χ0n) is 8.17. The zero-order chi connectivity index (χ0) is 11.3. The molecule has 0 aliphatic heterocycles. The van der Waals surface area contributed by atoms with Crippen molar-refractivity contribution >= 4 is 50.5 Å². The summed E-state index contributed by atoms with van der Waals surface area (Å²) in [7, 11) is 0. The van der Waals surface area contributed by atoms with Crippen LogP contribution in [0.15, 0.2) is 28.7 Å². The van der Waals surface area contributed by atoms with Crippen LogP contribution < -0.4 is 0 Å². The van der Waals surface area contributed by atoms with Crippen LogP contribution in [0.2, 0.25) is 5.02 Å². The van der Waals surface area contributed by atoms with Gasteiger partial charge in [-0.25, -0.2) is 0 Å². The quantitative estimate of drug-likeness (QED) is 0.823. The van der Waals surface area contributed by atoms with Gasteiger partial charge in [0, 0.05) is 22.2 Å². The summed E-state index contributed by atoms with van der Waals surface area (Å²) in [5, 5.41) is 0.829. The highest BCUT2D eigenvalue weighted by atomic mass is 79.9. The largest absolute Gasteiger partial charge is 0.288 e. The van der Waals surface area contributed by atoms with Crippen LogP contribution in [-0.2, 0) is 4.79 Å². The second-order valence-corrected chi connectivity index (χ2v) is 5.39. The Balaban J connectivity index is 2.60. The molecule has 15 heavy (non-hydrogen) atoms. The smallest absolute Gasteiger partial charge is 0.186 e. The first-order chi connectivity index (χ1) is 7.09. The highest BCUT2D eigenvalue weighted by Crippen LogP contribution is 2.22. The summed E-state index contributed by atoms with van der Waals surface area (Å²) in [6, 6.07) is 5.71. The van der Waals surface area contributed by atoms with E-state index in [9.17, 15) is 4.79 Å². The minimum Gasteiger partial charge on any atom is -0.288 e. The van der Waals surface area contributed by atoms with Crippen LogP contribution in [0.3, 0.4) is 0 Å². The number of carbonyl (C=O) groups is 1. The molecule has 0 atom stereocenters. The number of hydrogen-bond donors (Lipinski definition) is 0. The summed E-state index contributed by atoms with van der Waals surface area (Å²) in [5.74, 6) is 0.682. The molecular weight excluding hydrogens is 296 g/mol. The molecule has 0 heterocycles. The lowest BCUT2D eigenvalue weighted by Gasteiger charge is -1.98. The number of rotatable bonds is 3. The third-order valence-electron chi connectivity index (χ3n) is 1.64. The third-order valence-corrected chi connectivity index (χ3v) is 3.23. The van der Waals surface area contributed by atoms with Gasteiger partial charge in [-0.2, -0.15) is 0 Å². The van der Waals surface area contributed by atoms with Crippen LogP contribution in [0.1, 0.15) is 12.5 Å². The van der Waals surface area contributed by atoms with Gasteiger partial charge in [0.25, 0.3) is 0 Å². The lowest BCUT2D eigenvalue weighted by Crippen LogP contribution is -1.82. The minimum atomic E-state index is 0.126. The normalized spacial score (nSPS) is 10.9. The number of benzene rings is 1. The lowest BCUT2D eigenvalue weighted by atomic mass is 10.2. The molecule has 4 heteroatoms. The van der Waals surface area contributed by atoms with Crippen molar-refractivity contribution in [2.24, 2.45) is 0 Å².